The molecule has 2 aliphatic carbocycles. The number of ketones is 1. The lowest BCUT2D eigenvalue weighted by atomic mass is 9.61. The van der Waals surface area contributed by atoms with Gasteiger partial charge in [0.05, 0.1) is 0 Å². The first-order valence-corrected chi connectivity index (χ1v) is 11.8. The van der Waals surface area contributed by atoms with Crippen LogP contribution in [0, 0.1) is 11.3 Å². The van der Waals surface area contributed by atoms with Gasteiger partial charge in [-0.2, -0.15) is 0 Å². The predicted octanol–water partition coefficient (Wildman–Crippen LogP) is 7.24. The van der Waals surface area contributed by atoms with Gasteiger partial charge in [-0.25, -0.2) is 0 Å². The van der Waals surface area contributed by atoms with Gasteiger partial charge in [-0.1, -0.05) is 77.0 Å². The van der Waals surface area contributed by atoms with Gasteiger partial charge in [0.15, 0.2) is 0 Å². The van der Waals surface area contributed by atoms with Crippen molar-refractivity contribution in [3.05, 3.63) is 0 Å². The average molecular weight is 365 g/mol. The molecule has 0 N–H and O–H groups in total. The van der Waals surface area contributed by atoms with Gasteiger partial charge in [0.2, 0.25) is 0 Å². The van der Waals surface area contributed by atoms with E-state index < -0.39 is 0 Å². The molecule has 2 aliphatic rings. The van der Waals surface area contributed by atoms with Crippen LogP contribution >= 0.6 is 0 Å². The molecule has 0 saturated heterocycles. The Kier molecular flexibility index (Phi) is 10.9. The van der Waals surface area contributed by atoms with Gasteiger partial charge in [0.25, 0.3) is 0 Å². The second kappa shape index (κ2) is 12.9. The molecule has 26 heavy (non-hydrogen) atoms. The Balaban J connectivity index is 1.96. The third-order valence-corrected chi connectivity index (χ3v) is 7.19. The van der Waals surface area contributed by atoms with Crippen molar-refractivity contribution in [1.82, 2.24) is 0 Å². The first-order valence-electron chi connectivity index (χ1n) is 11.8. The van der Waals surface area contributed by atoms with Crippen LogP contribution in [0.1, 0.15) is 122 Å². The molecule has 0 aliphatic heterocycles. The minimum Gasteiger partial charge on any atom is -0.385 e. The largest absolute Gasteiger partial charge is 0.385 e. The third kappa shape index (κ3) is 6.98. The first kappa shape index (κ1) is 21.9. The third-order valence-electron chi connectivity index (χ3n) is 7.19. The summed E-state index contributed by atoms with van der Waals surface area (Å²) in [5.74, 6) is 1.34. The van der Waals surface area contributed by atoms with E-state index in [4.69, 9.17) is 4.74 Å². The van der Waals surface area contributed by atoms with Gasteiger partial charge in [0.1, 0.15) is 5.78 Å². The van der Waals surface area contributed by atoms with Crippen LogP contribution in [0.3, 0.4) is 0 Å². The lowest BCUT2D eigenvalue weighted by molar-refractivity contribution is -0.135. The average Bonchev–Trinajstić information content (AvgIpc) is 2.60. The van der Waals surface area contributed by atoms with E-state index in [9.17, 15) is 4.79 Å². The minimum absolute atomic E-state index is 0.0459. The summed E-state index contributed by atoms with van der Waals surface area (Å²) in [5, 5.41) is 0. The fraction of sp³-hybridized carbons (Fsp3) is 0.958. The van der Waals surface area contributed by atoms with Gasteiger partial charge >= 0.3 is 0 Å². The topological polar surface area (TPSA) is 26.3 Å². The molecule has 1 atom stereocenters. The van der Waals surface area contributed by atoms with Crippen LogP contribution in [-0.4, -0.2) is 19.5 Å². The van der Waals surface area contributed by atoms with Crippen LogP contribution in [0.25, 0.3) is 0 Å². The van der Waals surface area contributed by atoms with E-state index in [1.165, 1.54) is 109 Å². The van der Waals surface area contributed by atoms with E-state index in [0.29, 0.717) is 11.7 Å². The molecular weight excluding hydrogens is 320 g/mol. The molecule has 1 unspecified atom stereocenters. The van der Waals surface area contributed by atoms with Crippen LogP contribution in [0.2, 0.25) is 0 Å². The van der Waals surface area contributed by atoms with Crippen molar-refractivity contribution >= 4 is 5.78 Å². The van der Waals surface area contributed by atoms with Crippen LogP contribution in [-0.2, 0) is 9.53 Å². The summed E-state index contributed by atoms with van der Waals surface area (Å²) in [6, 6.07) is 0. The number of hydrogen-bond acceptors (Lipinski definition) is 2. The van der Waals surface area contributed by atoms with Gasteiger partial charge in [-0.3, -0.25) is 4.79 Å². The molecule has 0 bridgehead atoms. The number of carbonyl (C=O) groups excluding carboxylic acids is 1. The SMILES string of the molecule is COCCCCCCCC1(C2CCCCCCC2)CCCCCCC1=O. The molecule has 0 aromatic carbocycles. The van der Waals surface area contributed by atoms with Crippen molar-refractivity contribution < 1.29 is 9.53 Å². The Hall–Kier alpha value is -0.370. The van der Waals surface area contributed by atoms with E-state index in [1.54, 1.807) is 7.11 Å². The van der Waals surface area contributed by atoms with Gasteiger partial charge in [-0.05, 0) is 44.4 Å². The quantitative estimate of drug-likeness (QED) is 0.403. The fourth-order valence-electron chi connectivity index (χ4n) is 5.59. The molecule has 0 spiro atoms. The second-order valence-electron chi connectivity index (χ2n) is 9.05. The van der Waals surface area contributed by atoms with Crippen molar-refractivity contribution in [3.8, 4) is 0 Å². The maximum absolute atomic E-state index is 13.4. The van der Waals surface area contributed by atoms with Crippen LogP contribution < -0.4 is 0 Å². The Morgan fingerprint density at radius 2 is 1.42 bits per heavy atom. The summed E-state index contributed by atoms with van der Waals surface area (Å²) >= 11 is 0. The zero-order chi connectivity index (χ0) is 18.5. The standard InChI is InChI=1S/C24H44O2/c1-26-21-15-9-3-7-13-19-24(20-14-8-6-12-18-23(24)25)22-16-10-4-2-5-11-17-22/h22H,2-21H2,1H3. The number of rotatable bonds is 9. The number of hydrogen-bond donors (Lipinski definition) is 0. The Bertz CT molecular complexity index is 370. The molecular formula is C24H44O2. The molecule has 0 amide bonds. The number of carbonyl (C=O) groups is 1. The Morgan fingerprint density at radius 1 is 0.808 bits per heavy atom. The number of ether oxygens (including phenoxy) is 1. The smallest absolute Gasteiger partial charge is 0.139 e. The monoisotopic (exact) mass is 364 g/mol. The molecule has 0 radical (unpaired) electrons. The summed E-state index contributed by atoms with van der Waals surface area (Å²) < 4.78 is 5.16. The maximum atomic E-state index is 13.4. The number of unbranched alkanes of at least 4 members (excludes halogenated alkanes) is 4. The number of Topliss-reactive ketones (excluding diaryl/α,β-unsaturated/α-hetero) is 1. The van der Waals surface area contributed by atoms with Crippen molar-refractivity contribution in [2.75, 3.05) is 13.7 Å². The van der Waals surface area contributed by atoms with Crippen molar-refractivity contribution in [1.29, 1.82) is 0 Å². The molecule has 2 nitrogen and oxygen atoms in total. The second-order valence-corrected chi connectivity index (χ2v) is 9.05. The van der Waals surface area contributed by atoms with Gasteiger partial charge in [-0.15, -0.1) is 0 Å². The molecule has 2 rings (SSSR count). The Morgan fingerprint density at radius 3 is 2.19 bits per heavy atom. The van der Waals surface area contributed by atoms with E-state index in [-0.39, 0.29) is 5.41 Å². The van der Waals surface area contributed by atoms with E-state index >= 15 is 0 Å². The van der Waals surface area contributed by atoms with E-state index in [0.717, 1.165) is 19.4 Å². The van der Waals surface area contributed by atoms with E-state index in [2.05, 4.69) is 0 Å². The normalized spacial score (nSPS) is 26.7. The van der Waals surface area contributed by atoms with Crippen molar-refractivity contribution in [2.24, 2.45) is 11.3 Å². The van der Waals surface area contributed by atoms with Crippen molar-refractivity contribution in [3.63, 3.8) is 0 Å². The molecule has 2 heteroatoms. The molecule has 152 valence electrons. The predicted molar refractivity (Wildman–Crippen MR) is 111 cm³/mol. The van der Waals surface area contributed by atoms with Gasteiger partial charge in [0, 0.05) is 25.6 Å². The molecule has 0 aromatic rings. The van der Waals surface area contributed by atoms with Crippen LogP contribution in [0.4, 0.5) is 0 Å². The number of methoxy groups -OCH3 is 1. The highest BCUT2D eigenvalue weighted by molar-refractivity contribution is 5.85. The van der Waals surface area contributed by atoms with Crippen molar-refractivity contribution in [2.45, 2.75) is 122 Å². The summed E-state index contributed by atoms with van der Waals surface area (Å²) in [5.41, 5.74) is 0.0459. The fourth-order valence-corrected chi connectivity index (χ4v) is 5.59. The highest BCUT2D eigenvalue weighted by Crippen LogP contribution is 2.47. The zero-order valence-electron chi connectivity index (χ0n) is 17.5. The highest BCUT2D eigenvalue weighted by atomic mass is 16.5. The highest BCUT2D eigenvalue weighted by Gasteiger charge is 2.43. The molecule has 2 fully saturated rings. The first-order chi connectivity index (χ1) is 12.8. The minimum atomic E-state index is 0.0459. The Labute approximate surface area is 162 Å². The summed E-state index contributed by atoms with van der Waals surface area (Å²) in [6.07, 6.45) is 24.2. The molecule has 0 aromatic heterocycles. The summed E-state index contributed by atoms with van der Waals surface area (Å²) in [4.78, 5) is 13.4. The zero-order valence-corrected chi connectivity index (χ0v) is 17.5. The lowest BCUT2D eigenvalue weighted by Crippen LogP contribution is -2.40. The van der Waals surface area contributed by atoms with E-state index in [1.807, 2.05) is 0 Å². The van der Waals surface area contributed by atoms with Gasteiger partial charge < -0.3 is 4.74 Å². The summed E-state index contributed by atoms with van der Waals surface area (Å²) in [6.45, 7) is 0.893. The molecule has 0 heterocycles. The summed E-state index contributed by atoms with van der Waals surface area (Å²) in [7, 11) is 1.79. The lowest BCUT2D eigenvalue weighted by Gasteiger charge is -2.42. The molecule has 2 saturated carbocycles. The van der Waals surface area contributed by atoms with Crippen LogP contribution in [0.15, 0.2) is 0 Å². The maximum Gasteiger partial charge on any atom is 0.139 e. The van der Waals surface area contributed by atoms with Crippen LogP contribution in [0.5, 0.6) is 0 Å².